The van der Waals surface area contributed by atoms with Gasteiger partial charge in [-0.3, -0.25) is 10.2 Å². The number of benzene rings is 2. The van der Waals surface area contributed by atoms with Crippen molar-refractivity contribution in [3.8, 4) is 5.75 Å². The molecule has 0 bridgehead atoms. The van der Waals surface area contributed by atoms with Gasteiger partial charge in [0.2, 0.25) is 0 Å². The van der Waals surface area contributed by atoms with Crippen LogP contribution in [0.3, 0.4) is 0 Å². The number of carbonyl (C=O) groups excluding carboxylic acids is 2. The Labute approximate surface area is 151 Å². The maximum atomic E-state index is 11.8. The maximum absolute atomic E-state index is 11.8. The molecule has 0 aliphatic carbocycles. The zero-order chi connectivity index (χ0) is 18.6. The van der Waals surface area contributed by atoms with E-state index < -0.39 is 12.0 Å². The van der Waals surface area contributed by atoms with Gasteiger partial charge in [-0.1, -0.05) is 48.5 Å². The van der Waals surface area contributed by atoms with Crippen molar-refractivity contribution < 1.29 is 24.2 Å². The number of para-hydroxylation sites is 1. The van der Waals surface area contributed by atoms with Gasteiger partial charge in [-0.05, 0) is 23.8 Å². The summed E-state index contributed by atoms with van der Waals surface area (Å²) in [6.07, 6.45) is 2.55. The molecule has 7 heteroatoms. The van der Waals surface area contributed by atoms with Crippen molar-refractivity contribution in [2.45, 2.75) is 6.61 Å². The predicted octanol–water partition coefficient (Wildman–Crippen LogP) is 2.54. The van der Waals surface area contributed by atoms with Crippen LogP contribution in [-0.4, -0.2) is 30.3 Å². The van der Waals surface area contributed by atoms with Crippen molar-refractivity contribution in [3.63, 3.8) is 0 Å². The Hall–Kier alpha value is -3.32. The van der Waals surface area contributed by atoms with E-state index in [2.05, 4.69) is 10.9 Å². The number of nitrogens with one attached hydrogen (secondary N) is 2. The first kappa shape index (κ1) is 19.0. The maximum Gasteiger partial charge on any atom is 0.426 e. The van der Waals surface area contributed by atoms with Crippen LogP contribution in [0.15, 0.2) is 66.7 Å². The molecule has 2 aromatic carbocycles. The highest BCUT2D eigenvalue weighted by molar-refractivity contribution is 5.97. The van der Waals surface area contributed by atoms with Gasteiger partial charge in [-0.25, -0.2) is 10.2 Å². The van der Waals surface area contributed by atoms with Crippen LogP contribution in [0, 0.1) is 0 Å². The van der Waals surface area contributed by atoms with Crippen LogP contribution >= 0.6 is 0 Å². The first-order chi connectivity index (χ1) is 12.7. The van der Waals surface area contributed by atoms with E-state index in [9.17, 15) is 14.7 Å². The van der Waals surface area contributed by atoms with Crippen molar-refractivity contribution in [3.05, 3.63) is 77.9 Å². The molecule has 0 aromatic heterocycles. The second-order valence-corrected chi connectivity index (χ2v) is 5.17. The van der Waals surface area contributed by atoms with Gasteiger partial charge < -0.3 is 14.6 Å². The molecular weight excluding hydrogens is 336 g/mol. The summed E-state index contributed by atoms with van der Waals surface area (Å²) < 4.78 is 10.3. The summed E-state index contributed by atoms with van der Waals surface area (Å²) in [4.78, 5) is 23.2. The quantitative estimate of drug-likeness (QED) is 0.402. The highest BCUT2D eigenvalue weighted by Gasteiger charge is 2.11. The van der Waals surface area contributed by atoms with E-state index in [4.69, 9.17) is 9.47 Å². The molecule has 0 saturated heterocycles. The van der Waals surface area contributed by atoms with E-state index >= 15 is 0 Å². The van der Waals surface area contributed by atoms with Crippen LogP contribution in [0.1, 0.15) is 15.9 Å². The molecule has 0 radical (unpaired) electrons. The van der Waals surface area contributed by atoms with Crippen LogP contribution < -0.4 is 10.9 Å². The summed E-state index contributed by atoms with van der Waals surface area (Å²) in [5.74, 6) is -0.830. The standard InChI is InChI=1S/C19H20N2O5/c22-17-11-5-4-10-16(17)18(23)20-21-19(24)26-13-7-6-12-25-14-15-8-2-1-3-9-15/h1-11,22H,12-14H2,(H,20,23)(H,21,24)/b7-6+. The van der Waals surface area contributed by atoms with E-state index in [1.807, 2.05) is 30.3 Å². The molecule has 0 atom stereocenters. The second-order valence-electron chi connectivity index (χ2n) is 5.17. The zero-order valence-corrected chi connectivity index (χ0v) is 14.1. The average molecular weight is 356 g/mol. The third kappa shape index (κ3) is 6.66. The van der Waals surface area contributed by atoms with E-state index in [1.165, 1.54) is 12.1 Å². The molecule has 136 valence electrons. The first-order valence-corrected chi connectivity index (χ1v) is 7.94. The summed E-state index contributed by atoms with van der Waals surface area (Å²) in [7, 11) is 0. The SMILES string of the molecule is O=C(NNC(=O)c1ccccc1O)OC/C=C/COCc1ccccc1. The summed E-state index contributed by atoms with van der Waals surface area (Å²) in [6, 6.07) is 15.8. The lowest BCUT2D eigenvalue weighted by molar-refractivity contribution is 0.0913. The molecule has 0 spiro atoms. The monoisotopic (exact) mass is 356 g/mol. The molecule has 0 unspecified atom stereocenters. The van der Waals surface area contributed by atoms with Crippen LogP contribution in [0.5, 0.6) is 5.75 Å². The van der Waals surface area contributed by atoms with Gasteiger partial charge in [-0.2, -0.15) is 0 Å². The number of hydrogen-bond acceptors (Lipinski definition) is 5. The van der Waals surface area contributed by atoms with E-state index in [0.717, 1.165) is 5.56 Å². The van der Waals surface area contributed by atoms with Crippen LogP contribution in [0.2, 0.25) is 0 Å². The molecule has 0 saturated carbocycles. The predicted molar refractivity (Wildman–Crippen MR) is 95.3 cm³/mol. The van der Waals surface area contributed by atoms with Crippen molar-refractivity contribution in [1.82, 2.24) is 10.9 Å². The number of phenolic OH excluding ortho intramolecular Hbond substituents is 1. The van der Waals surface area contributed by atoms with Crippen LogP contribution in [0.25, 0.3) is 0 Å². The lowest BCUT2D eigenvalue weighted by Crippen LogP contribution is -2.41. The molecule has 26 heavy (non-hydrogen) atoms. The largest absolute Gasteiger partial charge is 0.507 e. The summed E-state index contributed by atoms with van der Waals surface area (Å²) in [6.45, 7) is 0.932. The topological polar surface area (TPSA) is 96.9 Å². The van der Waals surface area contributed by atoms with Crippen molar-refractivity contribution >= 4 is 12.0 Å². The van der Waals surface area contributed by atoms with Crippen molar-refractivity contribution in [2.75, 3.05) is 13.2 Å². The third-order valence-corrected chi connectivity index (χ3v) is 3.23. The number of hydrazine groups is 1. The number of carbonyl (C=O) groups is 2. The smallest absolute Gasteiger partial charge is 0.426 e. The number of hydrogen-bond donors (Lipinski definition) is 3. The summed E-state index contributed by atoms with van der Waals surface area (Å²) >= 11 is 0. The molecule has 2 amide bonds. The van der Waals surface area contributed by atoms with Gasteiger partial charge in [0.1, 0.15) is 12.4 Å². The zero-order valence-electron chi connectivity index (χ0n) is 14.1. The number of phenols is 1. The fraction of sp³-hybridized carbons (Fsp3) is 0.158. The molecular formula is C19H20N2O5. The Bertz CT molecular complexity index is 747. The van der Waals surface area contributed by atoms with E-state index in [0.29, 0.717) is 13.2 Å². The molecule has 0 aliphatic heterocycles. The van der Waals surface area contributed by atoms with Crippen molar-refractivity contribution in [1.29, 1.82) is 0 Å². The normalized spacial score (nSPS) is 10.5. The van der Waals surface area contributed by atoms with Crippen LogP contribution in [0.4, 0.5) is 4.79 Å². The van der Waals surface area contributed by atoms with Crippen molar-refractivity contribution in [2.24, 2.45) is 0 Å². The van der Waals surface area contributed by atoms with Gasteiger partial charge in [0.05, 0.1) is 18.8 Å². The Morgan fingerprint density at radius 1 is 0.923 bits per heavy atom. The molecule has 3 N–H and O–H groups in total. The minimum absolute atomic E-state index is 0.0347. The van der Waals surface area contributed by atoms with Gasteiger partial charge >= 0.3 is 6.09 Å². The third-order valence-electron chi connectivity index (χ3n) is 3.23. The minimum Gasteiger partial charge on any atom is -0.507 e. The lowest BCUT2D eigenvalue weighted by atomic mass is 10.2. The molecule has 0 heterocycles. The fourth-order valence-corrected chi connectivity index (χ4v) is 1.96. The Morgan fingerprint density at radius 3 is 2.38 bits per heavy atom. The number of amides is 2. The highest BCUT2D eigenvalue weighted by Crippen LogP contribution is 2.14. The van der Waals surface area contributed by atoms with E-state index in [1.54, 1.807) is 24.3 Å². The minimum atomic E-state index is -0.816. The lowest BCUT2D eigenvalue weighted by Gasteiger charge is -2.08. The van der Waals surface area contributed by atoms with Gasteiger partial charge in [-0.15, -0.1) is 0 Å². The van der Waals surface area contributed by atoms with E-state index in [-0.39, 0.29) is 17.9 Å². The highest BCUT2D eigenvalue weighted by atomic mass is 16.6. The van der Waals surface area contributed by atoms with Crippen LogP contribution in [-0.2, 0) is 16.1 Å². The Kier molecular flexibility index (Phi) is 7.70. The first-order valence-electron chi connectivity index (χ1n) is 7.94. The molecule has 7 nitrogen and oxygen atoms in total. The number of ether oxygens (including phenoxy) is 2. The molecule has 2 rings (SSSR count). The van der Waals surface area contributed by atoms with Gasteiger partial charge in [0.15, 0.2) is 0 Å². The second kappa shape index (κ2) is 10.5. The van der Waals surface area contributed by atoms with Gasteiger partial charge in [0, 0.05) is 0 Å². The Balaban J connectivity index is 1.57. The molecule has 0 fully saturated rings. The molecule has 0 aliphatic rings. The summed E-state index contributed by atoms with van der Waals surface area (Å²) in [5.41, 5.74) is 5.37. The molecule has 2 aromatic rings. The fourth-order valence-electron chi connectivity index (χ4n) is 1.96. The van der Waals surface area contributed by atoms with Gasteiger partial charge in [0.25, 0.3) is 5.91 Å². The summed E-state index contributed by atoms with van der Waals surface area (Å²) in [5, 5.41) is 9.54. The Morgan fingerprint density at radius 2 is 1.62 bits per heavy atom. The number of rotatable bonds is 7. The number of aromatic hydroxyl groups is 1. The average Bonchev–Trinajstić information content (AvgIpc) is 2.66.